The van der Waals surface area contributed by atoms with Crippen molar-refractivity contribution < 1.29 is 26.6 Å². The zero-order valence-electron chi connectivity index (χ0n) is 14.0. The van der Waals surface area contributed by atoms with Crippen molar-refractivity contribution in [1.82, 2.24) is 4.98 Å². The monoisotopic (exact) mass is 395 g/mol. The summed E-state index contributed by atoms with van der Waals surface area (Å²) in [5.74, 6) is 0. The van der Waals surface area contributed by atoms with E-state index >= 15 is 0 Å². The molecule has 0 amide bonds. The molecule has 2 rings (SSSR count). The van der Waals surface area contributed by atoms with Gasteiger partial charge in [-0.05, 0) is 37.3 Å². The van der Waals surface area contributed by atoms with Crippen LogP contribution in [0.5, 0.6) is 0 Å². The van der Waals surface area contributed by atoms with Gasteiger partial charge in [0.15, 0.2) is 0 Å². The number of aromatic nitrogens is 1. The highest BCUT2D eigenvalue weighted by atomic mass is 31.3. The van der Waals surface area contributed by atoms with Gasteiger partial charge in [0.2, 0.25) is 0 Å². The Balaban J connectivity index is 2.09. The first kappa shape index (κ1) is 20.0. The van der Waals surface area contributed by atoms with Crippen LogP contribution in [0.25, 0.3) is 0 Å². The van der Waals surface area contributed by atoms with Crippen molar-refractivity contribution in [3.05, 3.63) is 30.1 Å². The van der Waals surface area contributed by atoms with E-state index in [1.54, 1.807) is 26.2 Å². The van der Waals surface area contributed by atoms with E-state index in [0.717, 1.165) is 5.56 Å². The third kappa shape index (κ3) is 5.62. The molecule has 2 unspecified atom stereocenters. The Bertz CT molecular complexity index is 648. The maximum Gasteiger partial charge on any atom is 0.345 e. The Morgan fingerprint density at radius 1 is 0.917 bits per heavy atom. The van der Waals surface area contributed by atoms with Gasteiger partial charge in [-0.2, -0.15) is 0 Å². The van der Waals surface area contributed by atoms with Crippen LogP contribution in [-0.4, -0.2) is 23.5 Å². The summed E-state index contributed by atoms with van der Waals surface area (Å²) in [5.41, 5.74) is 0.992. The summed E-state index contributed by atoms with van der Waals surface area (Å²) in [4.78, 5) is 4.02. The van der Waals surface area contributed by atoms with E-state index in [0.29, 0.717) is 25.7 Å². The molecule has 0 aliphatic carbocycles. The summed E-state index contributed by atoms with van der Waals surface area (Å²) in [7, 11) is -11.0. The molecule has 24 heavy (non-hydrogen) atoms. The molecule has 2 heterocycles. The lowest BCUT2D eigenvalue weighted by atomic mass is 10.2. The van der Waals surface area contributed by atoms with Crippen LogP contribution in [0.3, 0.4) is 0 Å². The molecule has 0 radical (unpaired) electrons. The lowest BCUT2D eigenvalue weighted by molar-refractivity contribution is 0.276. The standard InChI is InChI=1S/C14H24NO6P3/c1-3-10-22(16)19-23(17,11-4-2)21-24(18,20-22)12-6-8-14-7-5-9-15-13-14/h5,7,9,13H,3-4,6,8,10-12H2,1-2H3. The average Bonchev–Trinajstić information content (AvgIpc) is 2.46. The minimum atomic E-state index is -3.72. The normalized spacial score (nSPS) is 33.4. The van der Waals surface area contributed by atoms with E-state index in [2.05, 4.69) is 4.98 Å². The highest BCUT2D eigenvalue weighted by Gasteiger charge is 2.51. The van der Waals surface area contributed by atoms with Crippen molar-refractivity contribution in [2.45, 2.75) is 39.5 Å². The quantitative estimate of drug-likeness (QED) is 0.539. The van der Waals surface area contributed by atoms with Crippen molar-refractivity contribution in [3.63, 3.8) is 0 Å². The zero-order chi connectivity index (χ0) is 17.7. The Hall–Kier alpha value is -0.280. The summed E-state index contributed by atoms with van der Waals surface area (Å²) in [6.45, 7) is 3.61. The SMILES string of the molecule is CCCP1(=O)OP(=O)(CCC)OP(=O)(CCCc2cccnc2)O1. The van der Waals surface area contributed by atoms with Gasteiger partial charge in [0.1, 0.15) is 0 Å². The predicted molar refractivity (Wildman–Crippen MR) is 93.8 cm³/mol. The van der Waals surface area contributed by atoms with Gasteiger partial charge in [-0.1, -0.05) is 19.9 Å². The lowest BCUT2D eigenvalue weighted by Crippen LogP contribution is -2.11. The van der Waals surface area contributed by atoms with Gasteiger partial charge in [0.25, 0.3) is 0 Å². The Morgan fingerprint density at radius 3 is 1.92 bits per heavy atom. The molecule has 0 spiro atoms. The summed E-state index contributed by atoms with van der Waals surface area (Å²) < 4.78 is 54.0. The molecule has 1 aromatic heterocycles. The molecular weight excluding hydrogens is 371 g/mol. The van der Waals surface area contributed by atoms with E-state index < -0.39 is 22.8 Å². The van der Waals surface area contributed by atoms with Crippen LogP contribution in [0, 0.1) is 0 Å². The summed E-state index contributed by atoms with van der Waals surface area (Å²) in [5, 5.41) is 0. The number of aryl methyl sites for hydroxylation is 1. The molecule has 0 N–H and O–H groups in total. The summed E-state index contributed by atoms with van der Waals surface area (Å²) in [6.07, 6.45) is 5.75. The van der Waals surface area contributed by atoms with Gasteiger partial charge < -0.3 is 0 Å². The van der Waals surface area contributed by atoms with Crippen LogP contribution in [-0.2, 0) is 33.0 Å². The smallest absolute Gasteiger partial charge is 0.264 e. The Labute approximate surface area is 143 Å². The van der Waals surface area contributed by atoms with Crippen molar-refractivity contribution in [3.8, 4) is 0 Å². The minimum absolute atomic E-state index is 0.0483. The van der Waals surface area contributed by atoms with Crippen molar-refractivity contribution in [1.29, 1.82) is 0 Å². The number of rotatable bonds is 8. The Kier molecular flexibility index (Phi) is 7.01. The molecule has 10 heteroatoms. The van der Waals surface area contributed by atoms with Crippen LogP contribution in [0.4, 0.5) is 0 Å². The summed E-state index contributed by atoms with van der Waals surface area (Å²) in [6, 6.07) is 3.74. The molecule has 1 saturated heterocycles. The molecule has 1 fully saturated rings. The number of pyridine rings is 1. The van der Waals surface area contributed by atoms with E-state index in [4.69, 9.17) is 12.9 Å². The molecule has 0 saturated carbocycles. The number of nitrogens with zero attached hydrogens (tertiary/aromatic N) is 1. The third-order valence-electron chi connectivity index (χ3n) is 3.36. The maximum absolute atomic E-state index is 12.9. The second kappa shape index (κ2) is 8.40. The van der Waals surface area contributed by atoms with Crippen molar-refractivity contribution >= 4 is 22.8 Å². The van der Waals surface area contributed by atoms with Gasteiger partial charge >= 0.3 is 22.8 Å². The predicted octanol–water partition coefficient (Wildman–Crippen LogP) is 5.48. The summed E-state index contributed by atoms with van der Waals surface area (Å²) >= 11 is 0. The maximum atomic E-state index is 12.9. The first-order valence-corrected chi connectivity index (χ1v) is 13.3. The fraction of sp³-hybridized carbons (Fsp3) is 0.643. The van der Waals surface area contributed by atoms with Crippen molar-refractivity contribution in [2.24, 2.45) is 0 Å². The van der Waals surface area contributed by atoms with E-state index in [1.165, 1.54) is 0 Å². The zero-order valence-corrected chi connectivity index (χ0v) is 16.7. The topological polar surface area (TPSA) is 91.8 Å². The van der Waals surface area contributed by atoms with E-state index in [-0.39, 0.29) is 18.5 Å². The lowest BCUT2D eigenvalue weighted by Gasteiger charge is -2.34. The van der Waals surface area contributed by atoms with Crippen LogP contribution in [0.1, 0.15) is 38.7 Å². The second-order valence-electron chi connectivity index (χ2n) is 5.71. The molecule has 136 valence electrons. The van der Waals surface area contributed by atoms with E-state index in [1.807, 2.05) is 12.1 Å². The Morgan fingerprint density at radius 2 is 1.46 bits per heavy atom. The van der Waals surface area contributed by atoms with Crippen LogP contribution >= 0.6 is 22.8 Å². The van der Waals surface area contributed by atoms with E-state index in [9.17, 15) is 13.7 Å². The van der Waals surface area contributed by atoms with Crippen molar-refractivity contribution in [2.75, 3.05) is 18.5 Å². The highest BCUT2D eigenvalue weighted by Crippen LogP contribution is 2.82. The number of hydrogen-bond acceptors (Lipinski definition) is 7. The molecular formula is C14H24NO6P3. The largest absolute Gasteiger partial charge is 0.345 e. The second-order valence-corrected chi connectivity index (χ2v) is 12.7. The molecule has 1 aromatic rings. The van der Waals surface area contributed by atoms with Gasteiger partial charge in [-0.3, -0.25) is 18.7 Å². The van der Waals surface area contributed by atoms with Crippen LogP contribution in [0.15, 0.2) is 24.5 Å². The molecule has 0 bridgehead atoms. The van der Waals surface area contributed by atoms with Crippen LogP contribution < -0.4 is 0 Å². The molecule has 7 nitrogen and oxygen atoms in total. The highest BCUT2D eigenvalue weighted by molar-refractivity contribution is 7.80. The van der Waals surface area contributed by atoms with Crippen LogP contribution in [0.2, 0.25) is 0 Å². The number of hydrogen-bond donors (Lipinski definition) is 0. The van der Waals surface area contributed by atoms with Gasteiger partial charge in [0.05, 0.1) is 18.5 Å². The molecule has 2 atom stereocenters. The van der Waals surface area contributed by atoms with Gasteiger partial charge in [-0.25, -0.2) is 12.9 Å². The van der Waals surface area contributed by atoms with Gasteiger partial charge in [0, 0.05) is 12.4 Å². The van der Waals surface area contributed by atoms with Gasteiger partial charge in [-0.15, -0.1) is 0 Å². The minimum Gasteiger partial charge on any atom is -0.264 e. The molecule has 1 aliphatic rings. The molecule has 1 aliphatic heterocycles. The fourth-order valence-electron chi connectivity index (χ4n) is 2.43. The average molecular weight is 395 g/mol. The fourth-order valence-corrected chi connectivity index (χ4v) is 11.7. The third-order valence-corrected chi connectivity index (χ3v) is 12.2. The first-order chi connectivity index (χ1) is 11.3. The molecule has 0 aromatic carbocycles. The first-order valence-electron chi connectivity index (χ1n) is 8.12.